The molecule has 0 radical (unpaired) electrons. The van der Waals surface area contributed by atoms with Crippen molar-refractivity contribution in [2.75, 3.05) is 7.11 Å². The Hall–Kier alpha value is -0.0900. The molecule has 2 nitrogen and oxygen atoms in total. The van der Waals surface area contributed by atoms with Gasteiger partial charge in [-0.2, -0.15) is 0 Å². The van der Waals surface area contributed by atoms with E-state index in [1.54, 1.807) is 13.3 Å². The van der Waals surface area contributed by atoms with Crippen LogP contribution in [0, 0.1) is 0 Å². The molecule has 0 amide bonds. The summed E-state index contributed by atoms with van der Waals surface area (Å²) in [5, 5.41) is 0.795. The van der Waals surface area contributed by atoms with Gasteiger partial charge in [0.25, 0.3) is 0 Å². The Morgan fingerprint density at radius 1 is 1.64 bits per heavy atom. The van der Waals surface area contributed by atoms with Crippen LogP contribution in [0.3, 0.4) is 0 Å². The number of aromatic nitrogens is 1. The van der Waals surface area contributed by atoms with Gasteiger partial charge in [-0.3, -0.25) is 0 Å². The molecule has 0 aliphatic rings. The molecule has 0 unspecified atom stereocenters. The minimum atomic E-state index is 0.740. The molecule has 1 rings (SSSR count). The van der Waals surface area contributed by atoms with E-state index in [2.05, 4.69) is 36.8 Å². The van der Waals surface area contributed by atoms with Crippen LogP contribution in [0.25, 0.3) is 0 Å². The fraction of sp³-hybridized carbons (Fsp3) is 0.286. The molecule has 0 spiro atoms. The number of hydrogen-bond donors (Lipinski definition) is 0. The maximum atomic E-state index is 5.06. The first-order valence-corrected chi connectivity index (χ1v) is 4.93. The van der Waals surface area contributed by atoms with Crippen LogP contribution in [0.1, 0.15) is 5.56 Å². The Labute approximate surface area is 82.2 Å². The van der Waals surface area contributed by atoms with Crippen molar-refractivity contribution in [2.45, 2.75) is 5.33 Å². The van der Waals surface area contributed by atoms with E-state index >= 15 is 0 Å². The number of alkyl halides is 1. The molecule has 60 valence electrons. The van der Waals surface area contributed by atoms with Crippen molar-refractivity contribution in [1.29, 1.82) is 0 Å². The maximum Gasteiger partial charge on any atom is 0.151 e. The number of nitrogens with zero attached hydrogens (tertiary/aromatic N) is 1. The topological polar surface area (TPSA) is 22.1 Å². The van der Waals surface area contributed by atoms with E-state index in [0.29, 0.717) is 0 Å². The minimum Gasteiger partial charge on any atom is -0.494 e. The smallest absolute Gasteiger partial charge is 0.151 e. The maximum absolute atomic E-state index is 5.06. The van der Waals surface area contributed by atoms with Gasteiger partial charge in [-0.25, -0.2) is 4.98 Å². The lowest BCUT2D eigenvalue weighted by Gasteiger charge is -2.02. The summed E-state index contributed by atoms with van der Waals surface area (Å²) in [6.45, 7) is 0. The van der Waals surface area contributed by atoms with Crippen molar-refractivity contribution in [3.05, 3.63) is 22.4 Å². The Bertz CT molecular complexity index is 252. The summed E-state index contributed by atoms with van der Waals surface area (Å²) < 4.78 is 5.80. The van der Waals surface area contributed by atoms with Crippen molar-refractivity contribution >= 4 is 31.9 Å². The highest BCUT2D eigenvalue weighted by Crippen LogP contribution is 2.23. The van der Waals surface area contributed by atoms with Gasteiger partial charge in [0.15, 0.2) is 5.75 Å². The molecule has 0 aliphatic carbocycles. The van der Waals surface area contributed by atoms with Crippen LogP contribution in [0.2, 0.25) is 0 Å². The van der Waals surface area contributed by atoms with Gasteiger partial charge in [-0.1, -0.05) is 15.9 Å². The van der Waals surface area contributed by atoms with Gasteiger partial charge in [-0.15, -0.1) is 0 Å². The third-order valence-corrected chi connectivity index (χ3v) is 2.48. The lowest BCUT2D eigenvalue weighted by Crippen LogP contribution is -1.89. The van der Waals surface area contributed by atoms with E-state index in [1.165, 1.54) is 0 Å². The molecular formula is C7H7Br2NO. The number of methoxy groups -OCH3 is 1. The third kappa shape index (κ3) is 2.17. The van der Waals surface area contributed by atoms with Gasteiger partial charge in [0, 0.05) is 11.5 Å². The third-order valence-electron chi connectivity index (χ3n) is 1.24. The van der Waals surface area contributed by atoms with Gasteiger partial charge in [0.05, 0.1) is 7.11 Å². The molecule has 0 N–H and O–H groups in total. The zero-order valence-electron chi connectivity index (χ0n) is 5.97. The molecule has 11 heavy (non-hydrogen) atoms. The first-order chi connectivity index (χ1) is 5.27. The van der Waals surface area contributed by atoms with Gasteiger partial charge in [-0.05, 0) is 27.6 Å². The summed E-state index contributed by atoms with van der Waals surface area (Å²) in [4.78, 5) is 4.08. The summed E-state index contributed by atoms with van der Waals surface area (Å²) in [6, 6.07) is 1.94. The Morgan fingerprint density at radius 2 is 2.36 bits per heavy atom. The molecule has 1 aromatic heterocycles. The average molecular weight is 281 g/mol. The van der Waals surface area contributed by atoms with E-state index in [4.69, 9.17) is 4.74 Å². The summed E-state index contributed by atoms with van der Waals surface area (Å²) in [5.74, 6) is 0.766. The lowest BCUT2D eigenvalue weighted by molar-refractivity contribution is 0.409. The molecule has 0 saturated heterocycles. The van der Waals surface area contributed by atoms with E-state index < -0.39 is 0 Å². The summed E-state index contributed by atoms with van der Waals surface area (Å²) >= 11 is 6.60. The standard InChI is InChI=1S/C7H7Br2NO/c1-11-6-2-5(3-8)4-10-7(6)9/h2,4H,3H2,1H3. The number of pyridine rings is 1. The average Bonchev–Trinajstić information content (AvgIpc) is 2.05. The van der Waals surface area contributed by atoms with Crippen molar-refractivity contribution in [1.82, 2.24) is 4.98 Å². The molecule has 0 aliphatic heterocycles. The van der Waals surface area contributed by atoms with E-state index in [-0.39, 0.29) is 0 Å². The minimum absolute atomic E-state index is 0.740. The lowest BCUT2D eigenvalue weighted by atomic mass is 10.3. The molecular weight excluding hydrogens is 274 g/mol. The predicted octanol–water partition coefficient (Wildman–Crippen LogP) is 2.75. The second-order valence-corrected chi connectivity index (χ2v) is 3.28. The summed E-state index contributed by atoms with van der Waals surface area (Å²) in [6.07, 6.45) is 1.79. The molecule has 0 aromatic carbocycles. The molecule has 0 atom stereocenters. The van der Waals surface area contributed by atoms with Crippen LogP contribution in [-0.2, 0) is 5.33 Å². The van der Waals surface area contributed by atoms with Crippen LogP contribution in [0.15, 0.2) is 16.9 Å². The fourth-order valence-electron chi connectivity index (χ4n) is 0.685. The zero-order valence-corrected chi connectivity index (χ0v) is 9.15. The summed E-state index contributed by atoms with van der Waals surface area (Å²) in [7, 11) is 1.62. The highest BCUT2D eigenvalue weighted by atomic mass is 79.9. The van der Waals surface area contributed by atoms with Crippen LogP contribution in [-0.4, -0.2) is 12.1 Å². The van der Waals surface area contributed by atoms with Gasteiger partial charge < -0.3 is 4.74 Å². The highest BCUT2D eigenvalue weighted by molar-refractivity contribution is 9.10. The van der Waals surface area contributed by atoms with Crippen molar-refractivity contribution in [2.24, 2.45) is 0 Å². The van der Waals surface area contributed by atoms with Crippen LogP contribution in [0.5, 0.6) is 5.75 Å². The molecule has 1 heterocycles. The first-order valence-electron chi connectivity index (χ1n) is 3.02. The van der Waals surface area contributed by atoms with Crippen molar-refractivity contribution in [3.8, 4) is 5.75 Å². The second-order valence-electron chi connectivity index (χ2n) is 1.97. The highest BCUT2D eigenvalue weighted by Gasteiger charge is 2.00. The normalized spacial score (nSPS) is 9.73. The molecule has 0 bridgehead atoms. The van der Waals surface area contributed by atoms with E-state index in [1.807, 2.05) is 6.07 Å². The number of halogens is 2. The molecule has 4 heteroatoms. The number of ether oxygens (including phenoxy) is 1. The van der Waals surface area contributed by atoms with Crippen LogP contribution in [0.4, 0.5) is 0 Å². The quantitative estimate of drug-likeness (QED) is 0.614. The Morgan fingerprint density at radius 3 is 2.91 bits per heavy atom. The summed E-state index contributed by atoms with van der Waals surface area (Å²) in [5.41, 5.74) is 1.10. The zero-order chi connectivity index (χ0) is 8.27. The number of hydrogen-bond acceptors (Lipinski definition) is 2. The molecule has 0 fully saturated rings. The van der Waals surface area contributed by atoms with Crippen LogP contribution >= 0.6 is 31.9 Å². The monoisotopic (exact) mass is 279 g/mol. The Kier molecular flexibility index (Phi) is 3.33. The predicted molar refractivity (Wildman–Crippen MR) is 51.1 cm³/mol. The SMILES string of the molecule is COc1cc(CBr)cnc1Br. The fourth-order valence-corrected chi connectivity index (χ4v) is 1.37. The second kappa shape index (κ2) is 4.07. The van der Waals surface area contributed by atoms with Gasteiger partial charge in [0.1, 0.15) is 4.60 Å². The van der Waals surface area contributed by atoms with Crippen molar-refractivity contribution in [3.63, 3.8) is 0 Å². The van der Waals surface area contributed by atoms with E-state index in [9.17, 15) is 0 Å². The van der Waals surface area contributed by atoms with Gasteiger partial charge in [0.2, 0.25) is 0 Å². The van der Waals surface area contributed by atoms with Crippen LogP contribution < -0.4 is 4.74 Å². The van der Waals surface area contributed by atoms with Gasteiger partial charge >= 0.3 is 0 Å². The molecule has 1 aromatic rings. The first kappa shape index (κ1) is 9.00. The largest absolute Gasteiger partial charge is 0.494 e. The Balaban J connectivity index is 3.02. The molecule has 0 saturated carbocycles. The van der Waals surface area contributed by atoms with Crippen molar-refractivity contribution < 1.29 is 4.74 Å². The number of rotatable bonds is 2. The van der Waals surface area contributed by atoms with E-state index in [0.717, 1.165) is 21.2 Å².